The Labute approximate surface area is 115 Å². The highest BCUT2D eigenvalue weighted by atomic mass is 35.5. The van der Waals surface area contributed by atoms with Crippen molar-refractivity contribution in [2.75, 3.05) is 5.62 Å². The number of hydrogen-bond donors (Lipinski definition) is 0. The van der Waals surface area contributed by atoms with Gasteiger partial charge in [0.1, 0.15) is 0 Å². The van der Waals surface area contributed by atoms with Crippen molar-refractivity contribution < 1.29 is 0 Å². The molecule has 2 nitrogen and oxygen atoms in total. The van der Waals surface area contributed by atoms with E-state index in [1.807, 2.05) is 0 Å². The molecular weight excluding hydrogens is 251 g/mol. The molecule has 0 aliphatic carbocycles. The van der Waals surface area contributed by atoms with Gasteiger partial charge in [-0.15, -0.1) is 11.6 Å². The van der Waals surface area contributed by atoms with Gasteiger partial charge in [-0.1, -0.05) is 0 Å². The maximum atomic E-state index is 6.28. The molecule has 4 heteroatoms. The number of hydrogen-bond acceptors (Lipinski definition) is 2. The fraction of sp³-hybridized carbons (Fsp3) is 1.00. The van der Waals surface area contributed by atoms with Crippen molar-refractivity contribution in [2.45, 2.75) is 79.6 Å². The third-order valence-corrected chi connectivity index (χ3v) is 6.53. The molecule has 0 N–H and O–H groups in total. The van der Waals surface area contributed by atoms with E-state index in [2.05, 4.69) is 64.7 Å². The van der Waals surface area contributed by atoms with E-state index in [1.54, 1.807) is 0 Å². The van der Waals surface area contributed by atoms with Crippen LogP contribution in [0.3, 0.4) is 0 Å². The highest BCUT2D eigenvalue weighted by Crippen LogP contribution is 2.50. The molecule has 104 valence electrons. The first kappa shape index (κ1) is 17.6. The maximum absolute atomic E-state index is 6.28. The molecule has 0 rings (SSSR count). The van der Waals surface area contributed by atoms with Gasteiger partial charge in [0, 0.05) is 24.2 Å². The lowest BCUT2D eigenvalue weighted by atomic mass is 10.3. The molecule has 0 bridgehead atoms. The van der Waals surface area contributed by atoms with Crippen LogP contribution in [0.5, 0.6) is 0 Å². The zero-order valence-electron chi connectivity index (χ0n) is 12.7. The summed E-state index contributed by atoms with van der Waals surface area (Å²) in [6.45, 7) is 18.1. The monoisotopic (exact) mass is 280 g/mol. The first-order valence-corrected chi connectivity index (χ1v) is 8.60. The third-order valence-electron chi connectivity index (χ3n) is 2.76. The van der Waals surface area contributed by atoms with Crippen molar-refractivity contribution in [3.63, 3.8) is 0 Å². The van der Waals surface area contributed by atoms with Gasteiger partial charge in [-0.25, -0.2) is 0 Å². The Morgan fingerprint density at radius 2 is 0.941 bits per heavy atom. The Kier molecular flexibility index (Phi) is 8.24. The van der Waals surface area contributed by atoms with Crippen molar-refractivity contribution in [3.8, 4) is 0 Å². The molecule has 0 saturated carbocycles. The van der Waals surface area contributed by atoms with Crippen LogP contribution in [-0.2, 0) is 0 Å². The van der Waals surface area contributed by atoms with Crippen LogP contribution in [-0.4, -0.2) is 39.1 Å². The van der Waals surface area contributed by atoms with Gasteiger partial charge in [-0.05, 0) is 55.4 Å². The minimum Gasteiger partial charge on any atom is -0.264 e. The standard InChI is InChI=1S/C13H30ClN2P/c1-10(2)15(11(3)4)17(9-14)16(12(5)6)13(7)8/h10-13H,9H2,1-8H3. The van der Waals surface area contributed by atoms with Crippen LogP contribution in [0.25, 0.3) is 0 Å². The van der Waals surface area contributed by atoms with Crippen LogP contribution in [0.15, 0.2) is 0 Å². The van der Waals surface area contributed by atoms with E-state index in [1.165, 1.54) is 0 Å². The van der Waals surface area contributed by atoms with Crippen LogP contribution in [0, 0.1) is 0 Å². The molecule has 0 aromatic rings. The lowest BCUT2D eigenvalue weighted by molar-refractivity contribution is 0.258. The Bertz CT molecular complexity index is 172. The minimum atomic E-state index is -0.411. The normalized spacial score (nSPS) is 13.4. The molecule has 0 aromatic heterocycles. The van der Waals surface area contributed by atoms with Gasteiger partial charge in [0.15, 0.2) is 0 Å². The second-order valence-electron chi connectivity index (χ2n) is 5.63. The molecule has 0 aliphatic rings. The van der Waals surface area contributed by atoms with E-state index >= 15 is 0 Å². The zero-order chi connectivity index (χ0) is 13.7. The van der Waals surface area contributed by atoms with E-state index in [0.717, 1.165) is 5.62 Å². The van der Waals surface area contributed by atoms with Gasteiger partial charge in [0.2, 0.25) is 0 Å². The number of rotatable bonds is 7. The summed E-state index contributed by atoms with van der Waals surface area (Å²) in [5, 5.41) is 0. The topological polar surface area (TPSA) is 6.48 Å². The molecule has 0 amide bonds. The first-order chi connectivity index (χ1) is 7.73. The van der Waals surface area contributed by atoms with Crippen molar-refractivity contribution in [2.24, 2.45) is 0 Å². The maximum Gasteiger partial charge on any atom is 0.0696 e. The van der Waals surface area contributed by atoms with E-state index in [0.29, 0.717) is 24.2 Å². The SMILES string of the molecule is CC(C)N(C(C)C)P(CCl)N(C(C)C)C(C)C. The zero-order valence-corrected chi connectivity index (χ0v) is 14.4. The number of nitrogens with zero attached hydrogens (tertiary/aromatic N) is 2. The Morgan fingerprint density at radius 3 is 1.06 bits per heavy atom. The smallest absolute Gasteiger partial charge is 0.0696 e. The van der Waals surface area contributed by atoms with Gasteiger partial charge < -0.3 is 0 Å². The second-order valence-corrected chi connectivity index (χ2v) is 8.25. The molecule has 0 heterocycles. The predicted molar refractivity (Wildman–Crippen MR) is 81.9 cm³/mol. The van der Waals surface area contributed by atoms with E-state index in [-0.39, 0.29) is 0 Å². The van der Waals surface area contributed by atoms with Gasteiger partial charge in [0.25, 0.3) is 0 Å². The summed E-state index contributed by atoms with van der Waals surface area (Å²) in [5.74, 6) is 0. The minimum absolute atomic E-state index is 0.411. The Balaban J connectivity index is 5.11. The van der Waals surface area contributed by atoms with Crippen molar-refractivity contribution in [1.29, 1.82) is 0 Å². The third kappa shape index (κ3) is 5.03. The van der Waals surface area contributed by atoms with Gasteiger partial charge >= 0.3 is 0 Å². The fourth-order valence-corrected chi connectivity index (χ4v) is 5.86. The van der Waals surface area contributed by atoms with Gasteiger partial charge in [-0.2, -0.15) is 0 Å². The summed E-state index contributed by atoms with van der Waals surface area (Å²) in [5.41, 5.74) is 0.724. The highest BCUT2D eigenvalue weighted by Gasteiger charge is 2.31. The molecule has 0 fully saturated rings. The summed E-state index contributed by atoms with van der Waals surface area (Å²) in [6, 6.07) is 2.17. The number of alkyl halides is 1. The van der Waals surface area contributed by atoms with E-state index in [9.17, 15) is 0 Å². The summed E-state index contributed by atoms with van der Waals surface area (Å²) < 4.78 is 5.14. The predicted octanol–water partition coefficient (Wildman–Crippen LogP) is 4.73. The van der Waals surface area contributed by atoms with Crippen LogP contribution in [0.4, 0.5) is 0 Å². The average molecular weight is 281 g/mol. The van der Waals surface area contributed by atoms with Crippen molar-refractivity contribution in [1.82, 2.24) is 9.34 Å². The van der Waals surface area contributed by atoms with E-state index in [4.69, 9.17) is 11.6 Å². The quantitative estimate of drug-likeness (QED) is 0.491. The Morgan fingerprint density at radius 1 is 0.706 bits per heavy atom. The molecule has 0 saturated heterocycles. The van der Waals surface area contributed by atoms with Gasteiger partial charge in [-0.3, -0.25) is 9.34 Å². The molecule has 0 atom stereocenters. The summed E-state index contributed by atoms with van der Waals surface area (Å²) in [7, 11) is -0.411. The molecule has 0 aliphatic heterocycles. The van der Waals surface area contributed by atoms with E-state index < -0.39 is 8.22 Å². The largest absolute Gasteiger partial charge is 0.264 e. The van der Waals surface area contributed by atoms with Crippen LogP contribution in [0.1, 0.15) is 55.4 Å². The van der Waals surface area contributed by atoms with Crippen LogP contribution < -0.4 is 0 Å². The molecule has 0 radical (unpaired) electrons. The molecule has 0 aromatic carbocycles. The molecule has 0 unspecified atom stereocenters. The van der Waals surface area contributed by atoms with Crippen molar-refractivity contribution >= 4 is 19.8 Å². The van der Waals surface area contributed by atoms with Crippen LogP contribution >= 0.6 is 19.8 Å². The number of halogens is 1. The summed E-state index contributed by atoms with van der Waals surface area (Å²) in [6.07, 6.45) is 0. The molecule has 17 heavy (non-hydrogen) atoms. The second kappa shape index (κ2) is 7.94. The molecule has 0 spiro atoms. The summed E-state index contributed by atoms with van der Waals surface area (Å²) >= 11 is 6.28. The van der Waals surface area contributed by atoms with Crippen molar-refractivity contribution in [3.05, 3.63) is 0 Å². The van der Waals surface area contributed by atoms with Crippen LogP contribution in [0.2, 0.25) is 0 Å². The lowest BCUT2D eigenvalue weighted by Gasteiger charge is -2.46. The fourth-order valence-electron chi connectivity index (χ4n) is 2.50. The average Bonchev–Trinajstić information content (AvgIpc) is 2.13. The Hall–Kier alpha value is 0.640. The lowest BCUT2D eigenvalue weighted by Crippen LogP contribution is -2.43. The highest BCUT2D eigenvalue weighted by molar-refractivity contribution is 7.54. The summed E-state index contributed by atoms with van der Waals surface area (Å²) in [4.78, 5) is 0. The van der Waals surface area contributed by atoms with Gasteiger partial charge in [0.05, 0.1) is 13.8 Å². The molecular formula is C13H30ClN2P. The first-order valence-electron chi connectivity index (χ1n) is 6.64.